The minimum Gasteiger partial charge on any atom is -0.341 e. The minimum absolute atomic E-state index is 0.0574. The second-order valence-corrected chi connectivity index (χ2v) is 11.2. The highest BCUT2D eigenvalue weighted by Gasteiger charge is 2.59. The molecule has 1 aliphatic carbocycles. The van der Waals surface area contributed by atoms with Gasteiger partial charge < -0.3 is 9.80 Å². The van der Waals surface area contributed by atoms with Gasteiger partial charge in [-0.15, -0.1) is 0 Å². The molecule has 4 fully saturated rings. The van der Waals surface area contributed by atoms with Gasteiger partial charge in [0.15, 0.2) is 0 Å². The maximum atomic E-state index is 13.3. The summed E-state index contributed by atoms with van der Waals surface area (Å²) in [5, 5.41) is 0. The van der Waals surface area contributed by atoms with E-state index in [9.17, 15) is 9.59 Å². The van der Waals surface area contributed by atoms with Crippen LogP contribution in [0.4, 0.5) is 0 Å². The molecular formula is C29H42N4O2. The number of nitrogens with zero attached hydrogens (tertiary/aromatic N) is 4. The van der Waals surface area contributed by atoms with Gasteiger partial charge in [-0.05, 0) is 56.7 Å². The summed E-state index contributed by atoms with van der Waals surface area (Å²) in [6.07, 6.45) is 12.0. The van der Waals surface area contributed by atoms with E-state index in [1.165, 1.54) is 18.4 Å². The molecule has 1 spiro atoms. The first-order valence-corrected chi connectivity index (χ1v) is 13.8. The molecule has 2 amide bonds. The van der Waals surface area contributed by atoms with Crippen LogP contribution in [0, 0.1) is 11.3 Å². The zero-order valence-corrected chi connectivity index (χ0v) is 21.4. The maximum absolute atomic E-state index is 13.3. The van der Waals surface area contributed by atoms with E-state index >= 15 is 0 Å². The van der Waals surface area contributed by atoms with Crippen molar-refractivity contribution < 1.29 is 9.59 Å². The topological polar surface area (TPSA) is 47.1 Å². The molecule has 1 saturated carbocycles. The lowest BCUT2D eigenvalue weighted by Crippen LogP contribution is -2.51. The van der Waals surface area contributed by atoms with E-state index in [1.54, 1.807) is 0 Å². The summed E-state index contributed by atoms with van der Waals surface area (Å²) in [6, 6.07) is 10.5. The molecule has 5 rings (SSSR count). The molecular weight excluding hydrogens is 436 g/mol. The zero-order valence-electron chi connectivity index (χ0n) is 21.4. The molecule has 6 nitrogen and oxygen atoms in total. The number of benzene rings is 1. The predicted octanol–water partition coefficient (Wildman–Crippen LogP) is 3.35. The zero-order chi connectivity index (χ0) is 24.3. The van der Waals surface area contributed by atoms with Gasteiger partial charge in [-0.3, -0.25) is 19.4 Å². The first-order valence-electron chi connectivity index (χ1n) is 13.8. The molecule has 2 atom stereocenters. The molecule has 190 valence electrons. The Kier molecular flexibility index (Phi) is 7.59. The highest BCUT2D eigenvalue weighted by molar-refractivity contribution is 5.84. The average Bonchev–Trinajstić information content (AvgIpc) is 3.63. The summed E-state index contributed by atoms with van der Waals surface area (Å²) in [5.41, 5.74) is 1.40. The summed E-state index contributed by atoms with van der Waals surface area (Å²) in [4.78, 5) is 35.4. The summed E-state index contributed by atoms with van der Waals surface area (Å²) < 4.78 is 0. The van der Waals surface area contributed by atoms with E-state index in [4.69, 9.17) is 0 Å². The Morgan fingerprint density at radius 2 is 1.60 bits per heavy atom. The quantitative estimate of drug-likeness (QED) is 0.651. The van der Waals surface area contributed by atoms with Crippen molar-refractivity contribution in [2.24, 2.45) is 11.3 Å². The SMILES string of the molecule is CN1CCCCCC1C(=O)N1CCC2(CC1)CC2C(=O)N1CCN(CC=Cc2ccccc2)CC1. The third-order valence-electron chi connectivity index (χ3n) is 9.02. The van der Waals surface area contributed by atoms with Gasteiger partial charge in [-0.25, -0.2) is 0 Å². The van der Waals surface area contributed by atoms with Crippen LogP contribution in [0.25, 0.3) is 6.08 Å². The van der Waals surface area contributed by atoms with Gasteiger partial charge in [0.2, 0.25) is 11.8 Å². The second kappa shape index (κ2) is 10.8. The molecule has 0 aromatic heterocycles. The number of hydrogen-bond donors (Lipinski definition) is 0. The fraction of sp³-hybridized carbons (Fsp3) is 0.655. The first-order chi connectivity index (χ1) is 17.1. The molecule has 3 heterocycles. The second-order valence-electron chi connectivity index (χ2n) is 11.2. The Hall–Kier alpha value is -2.18. The number of carbonyl (C=O) groups excluding carboxylic acids is 2. The number of piperidine rings is 1. The van der Waals surface area contributed by atoms with Crippen LogP contribution in [0.15, 0.2) is 36.4 Å². The highest BCUT2D eigenvalue weighted by atomic mass is 16.2. The van der Waals surface area contributed by atoms with Crippen molar-refractivity contribution in [1.82, 2.24) is 19.6 Å². The number of carbonyl (C=O) groups is 2. The van der Waals surface area contributed by atoms with Crippen molar-refractivity contribution in [2.75, 3.05) is 59.4 Å². The van der Waals surface area contributed by atoms with E-state index in [2.05, 4.69) is 63.1 Å². The van der Waals surface area contributed by atoms with Crippen molar-refractivity contribution >= 4 is 17.9 Å². The largest absolute Gasteiger partial charge is 0.341 e. The van der Waals surface area contributed by atoms with Crippen molar-refractivity contribution in [3.8, 4) is 0 Å². The lowest BCUT2D eigenvalue weighted by molar-refractivity contribution is -0.138. The van der Waals surface area contributed by atoms with Crippen molar-refractivity contribution in [1.29, 1.82) is 0 Å². The summed E-state index contributed by atoms with van der Waals surface area (Å²) in [6.45, 7) is 7.19. The minimum atomic E-state index is 0.0574. The molecule has 2 unspecified atom stereocenters. The molecule has 3 saturated heterocycles. The van der Waals surface area contributed by atoms with Crippen LogP contribution in [-0.4, -0.2) is 96.9 Å². The van der Waals surface area contributed by atoms with E-state index in [0.29, 0.717) is 11.8 Å². The van der Waals surface area contributed by atoms with Gasteiger partial charge in [0.05, 0.1) is 6.04 Å². The number of likely N-dealkylation sites (N-methyl/N-ethyl adjacent to an activating group) is 1. The Morgan fingerprint density at radius 3 is 2.34 bits per heavy atom. The molecule has 3 aliphatic heterocycles. The number of piperazine rings is 1. The number of hydrogen-bond acceptors (Lipinski definition) is 4. The fourth-order valence-electron chi connectivity index (χ4n) is 6.47. The Labute approximate surface area is 210 Å². The van der Waals surface area contributed by atoms with E-state index < -0.39 is 0 Å². The molecule has 0 bridgehead atoms. The van der Waals surface area contributed by atoms with Crippen LogP contribution in [0.1, 0.15) is 50.5 Å². The van der Waals surface area contributed by atoms with Crippen molar-refractivity contribution in [3.05, 3.63) is 42.0 Å². The van der Waals surface area contributed by atoms with Gasteiger partial charge in [-0.1, -0.05) is 55.3 Å². The van der Waals surface area contributed by atoms with Crippen LogP contribution in [0.2, 0.25) is 0 Å². The Balaban J connectivity index is 1.05. The van der Waals surface area contributed by atoms with Crippen LogP contribution in [0.3, 0.4) is 0 Å². The average molecular weight is 479 g/mol. The van der Waals surface area contributed by atoms with Crippen LogP contribution < -0.4 is 0 Å². The molecule has 0 N–H and O–H groups in total. The van der Waals surface area contributed by atoms with Gasteiger partial charge in [0.25, 0.3) is 0 Å². The van der Waals surface area contributed by atoms with Gasteiger partial charge in [0, 0.05) is 51.7 Å². The van der Waals surface area contributed by atoms with E-state index in [0.717, 1.165) is 84.5 Å². The first kappa shape index (κ1) is 24.5. The van der Waals surface area contributed by atoms with E-state index in [-0.39, 0.29) is 17.4 Å². The van der Waals surface area contributed by atoms with Crippen LogP contribution >= 0.6 is 0 Å². The van der Waals surface area contributed by atoms with Gasteiger partial charge >= 0.3 is 0 Å². The number of likely N-dealkylation sites (tertiary alicyclic amines) is 2. The third kappa shape index (κ3) is 5.64. The van der Waals surface area contributed by atoms with Crippen LogP contribution in [-0.2, 0) is 9.59 Å². The fourth-order valence-corrected chi connectivity index (χ4v) is 6.47. The smallest absolute Gasteiger partial charge is 0.239 e. The van der Waals surface area contributed by atoms with Gasteiger partial charge in [-0.2, -0.15) is 0 Å². The highest BCUT2D eigenvalue weighted by Crippen LogP contribution is 2.60. The molecule has 1 aromatic rings. The van der Waals surface area contributed by atoms with Crippen LogP contribution in [0.5, 0.6) is 0 Å². The number of amides is 2. The molecule has 0 radical (unpaired) electrons. The lowest BCUT2D eigenvalue weighted by Gasteiger charge is -2.38. The molecule has 6 heteroatoms. The Bertz CT molecular complexity index is 901. The van der Waals surface area contributed by atoms with E-state index in [1.807, 2.05) is 6.07 Å². The monoisotopic (exact) mass is 478 g/mol. The maximum Gasteiger partial charge on any atom is 0.239 e. The van der Waals surface area contributed by atoms with Crippen molar-refractivity contribution in [2.45, 2.75) is 51.0 Å². The third-order valence-corrected chi connectivity index (χ3v) is 9.02. The Morgan fingerprint density at radius 1 is 0.886 bits per heavy atom. The van der Waals surface area contributed by atoms with Crippen molar-refractivity contribution in [3.63, 3.8) is 0 Å². The summed E-state index contributed by atoms with van der Waals surface area (Å²) in [5.74, 6) is 0.878. The lowest BCUT2D eigenvalue weighted by atomic mass is 9.90. The normalized spacial score (nSPS) is 27.8. The molecule has 35 heavy (non-hydrogen) atoms. The predicted molar refractivity (Wildman–Crippen MR) is 140 cm³/mol. The molecule has 1 aromatic carbocycles. The van der Waals surface area contributed by atoms with Gasteiger partial charge in [0.1, 0.15) is 0 Å². The summed E-state index contributed by atoms with van der Waals surface area (Å²) >= 11 is 0. The standard InChI is InChI=1S/C29H42N4O2/c1-30-15-7-3-6-12-26(30)28(35)32-17-13-29(14-18-32)23-25(29)27(34)33-21-19-31(20-22-33)16-8-11-24-9-4-2-5-10-24/h2,4-5,8-11,25-26H,3,6-7,12-23H2,1H3. The molecule has 4 aliphatic rings. The summed E-state index contributed by atoms with van der Waals surface area (Å²) in [7, 11) is 2.11. The number of rotatable bonds is 5.